The Bertz CT molecular complexity index is 265. The maximum Gasteiger partial charge on any atom is 0.115 e. The Hall–Kier alpha value is -1.22. The first-order valence-electron chi connectivity index (χ1n) is 4.72. The summed E-state index contributed by atoms with van der Waals surface area (Å²) in [4.78, 5) is 2.35. The predicted octanol–water partition coefficient (Wildman–Crippen LogP) is -0.224. The average molecular weight is 179 g/mol. The Morgan fingerprint density at radius 2 is 1.69 bits per heavy atom. The summed E-state index contributed by atoms with van der Waals surface area (Å²) in [6.45, 7) is 4.54. The second kappa shape index (κ2) is 3.66. The van der Waals surface area contributed by atoms with E-state index in [-0.39, 0.29) is 0 Å². The van der Waals surface area contributed by atoms with Crippen molar-refractivity contribution in [2.45, 2.75) is 0 Å². The summed E-state index contributed by atoms with van der Waals surface area (Å²) in [7, 11) is 0. The van der Waals surface area contributed by atoms with Gasteiger partial charge in [-0.3, -0.25) is 0 Å². The summed E-state index contributed by atoms with van der Waals surface area (Å²) < 4.78 is 0. The van der Waals surface area contributed by atoms with Crippen molar-refractivity contribution in [1.82, 2.24) is 0 Å². The molecule has 1 heterocycles. The standard InChI is InChI=1S/C10H14N2O/c13-10-3-1-9(2-4-10)12-7-5-11-6-8-12/h1-4,11,13H,5-8H2/p+1. The lowest BCUT2D eigenvalue weighted by Crippen LogP contribution is -2.89. The Morgan fingerprint density at radius 1 is 1.08 bits per heavy atom. The van der Waals surface area contributed by atoms with Crippen molar-refractivity contribution in [3.05, 3.63) is 24.3 Å². The highest BCUT2D eigenvalue weighted by Gasteiger charge is 2.11. The second-order valence-corrected chi connectivity index (χ2v) is 3.37. The normalized spacial score (nSPS) is 17.4. The molecule has 1 saturated heterocycles. The number of nitrogens with zero attached hydrogens (tertiary/aromatic N) is 1. The molecule has 0 atom stereocenters. The van der Waals surface area contributed by atoms with Gasteiger partial charge in [0.15, 0.2) is 0 Å². The number of benzene rings is 1. The van der Waals surface area contributed by atoms with Gasteiger partial charge >= 0.3 is 0 Å². The van der Waals surface area contributed by atoms with Gasteiger partial charge in [0.25, 0.3) is 0 Å². The minimum atomic E-state index is 0.340. The zero-order valence-electron chi connectivity index (χ0n) is 7.61. The molecule has 0 bridgehead atoms. The third-order valence-corrected chi connectivity index (χ3v) is 2.42. The maximum atomic E-state index is 9.13. The van der Waals surface area contributed by atoms with E-state index in [2.05, 4.69) is 10.2 Å². The van der Waals surface area contributed by atoms with Crippen LogP contribution in [0.4, 0.5) is 5.69 Å². The molecule has 1 aromatic rings. The fraction of sp³-hybridized carbons (Fsp3) is 0.400. The number of piperazine rings is 1. The van der Waals surface area contributed by atoms with Crippen molar-refractivity contribution in [2.75, 3.05) is 31.1 Å². The molecule has 0 unspecified atom stereocenters. The minimum absolute atomic E-state index is 0.340. The Morgan fingerprint density at radius 3 is 2.31 bits per heavy atom. The van der Waals surface area contributed by atoms with Crippen molar-refractivity contribution in [3.8, 4) is 5.75 Å². The number of phenols is 1. The van der Waals surface area contributed by atoms with Gasteiger partial charge in [0.05, 0.1) is 26.2 Å². The van der Waals surface area contributed by atoms with Gasteiger partial charge in [0.2, 0.25) is 0 Å². The first kappa shape index (κ1) is 8.38. The van der Waals surface area contributed by atoms with Crippen LogP contribution in [0.2, 0.25) is 0 Å². The molecule has 2 rings (SSSR count). The van der Waals surface area contributed by atoms with Crippen LogP contribution in [0.25, 0.3) is 0 Å². The zero-order valence-corrected chi connectivity index (χ0v) is 7.61. The van der Waals surface area contributed by atoms with E-state index in [1.54, 1.807) is 12.1 Å². The fourth-order valence-electron chi connectivity index (χ4n) is 1.67. The third-order valence-electron chi connectivity index (χ3n) is 2.42. The van der Waals surface area contributed by atoms with Gasteiger partial charge < -0.3 is 15.3 Å². The van der Waals surface area contributed by atoms with Crippen molar-refractivity contribution in [1.29, 1.82) is 0 Å². The molecular weight excluding hydrogens is 164 g/mol. The number of hydrogen-bond donors (Lipinski definition) is 2. The second-order valence-electron chi connectivity index (χ2n) is 3.37. The molecule has 3 heteroatoms. The highest BCUT2D eigenvalue weighted by molar-refractivity contribution is 5.48. The van der Waals surface area contributed by atoms with Gasteiger partial charge in [-0.05, 0) is 24.3 Å². The number of anilines is 1. The fourth-order valence-corrected chi connectivity index (χ4v) is 1.67. The summed E-state index contributed by atoms with van der Waals surface area (Å²) in [6, 6.07) is 7.43. The van der Waals surface area contributed by atoms with Gasteiger partial charge in [0, 0.05) is 5.69 Å². The van der Waals surface area contributed by atoms with E-state index in [0.29, 0.717) is 5.75 Å². The van der Waals surface area contributed by atoms with Crippen LogP contribution in [0.5, 0.6) is 5.75 Å². The van der Waals surface area contributed by atoms with Crippen molar-refractivity contribution >= 4 is 5.69 Å². The van der Waals surface area contributed by atoms with Crippen LogP contribution in [-0.4, -0.2) is 31.3 Å². The molecule has 0 aliphatic carbocycles. The van der Waals surface area contributed by atoms with Crippen LogP contribution < -0.4 is 10.2 Å². The van der Waals surface area contributed by atoms with Crippen LogP contribution in [0, 0.1) is 0 Å². The van der Waals surface area contributed by atoms with E-state index in [9.17, 15) is 0 Å². The first-order valence-corrected chi connectivity index (χ1v) is 4.72. The highest BCUT2D eigenvalue weighted by Crippen LogP contribution is 2.17. The summed E-state index contributed by atoms with van der Waals surface area (Å²) >= 11 is 0. The lowest BCUT2D eigenvalue weighted by Gasteiger charge is -2.27. The number of quaternary nitrogens is 1. The molecule has 1 aliphatic rings. The van der Waals surface area contributed by atoms with Crippen LogP contribution in [0.15, 0.2) is 24.3 Å². The zero-order chi connectivity index (χ0) is 9.10. The minimum Gasteiger partial charge on any atom is -0.508 e. The van der Waals surface area contributed by atoms with E-state index in [0.717, 1.165) is 13.1 Å². The van der Waals surface area contributed by atoms with Crippen LogP contribution in [-0.2, 0) is 0 Å². The molecule has 13 heavy (non-hydrogen) atoms. The smallest absolute Gasteiger partial charge is 0.115 e. The first-order chi connectivity index (χ1) is 6.36. The van der Waals surface area contributed by atoms with Gasteiger partial charge in [-0.15, -0.1) is 0 Å². The summed E-state index contributed by atoms with van der Waals surface area (Å²) in [5.41, 5.74) is 1.21. The quantitative estimate of drug-likeness (QED) is 0.625. The van der Waals surface area contributed by atoms with Gasteiger partial charge in [-0.25, -0.2) is 0 Å². The number of phenolic OH excluding ortho intramolecular Hbond substituents is 1. The lowest BCUT2D eigenvalue weighted by atomic mass is 10.2. The Labute approximate surface area is 78.0 Å². The average Bonchev–Trinajstić information content (AvgIpc) is 2.20. The predicted molar refractivity (Wildman–Crippen MR) is 52.0 cm³/mol. The molecule has 1 aliphatic heterocycles. The summed E-state index contributed by atoms with van der Waals surface area (Å²) in [6.07, 6.45) is 0. The Balaban J connectivity index is 2.10. The molecule has 70 valence electrons. The van der Waals surface area contributed by atoms with E-state index >= 15 is 0 Å². The molecule has 1 aromatic carbocycles. The molecule has 3 nitrogen and oxygen atoms in total. The molecule has 0 aromatic heterocycles. The van der Waals surface area contributed by atoms with Gasteiger partial charge in [-0.2, -0.15) is 0 Å². The van der Waals surface area contributed by atoms with Gasteiger partial charge in [0.1, 0.15) is 5.75 Å². The van der Waals surface area contributed by atoms with E-state index in [1.165, 1.54) is 18.8 Å². The SMILES string of the molecule is Oc1ccc(N2CC[NH2+]CC2)cc1. The molecule has 0 spiro atoms. The van der Waals surface area contributed by atoms with Crippen LogP contribution >= 0.6 is 0 Å². The largest absolute Gasteiger partial charge is 0.508 e. The number of hydrogen-bond acceptors (Lipinski definition) is 2. The van der Waals surface area contributed by atoms with Crippen molar-refractivity contribution in [2.24, 2.45) is 0 Å². The maximum absolute atomic E-state index is 9.13. The molecule has 1 fully saturated rings. The third kappa shape index (κ3) is 1.92. The lowest BCUT2D eigenvalue weighted by molar-refractivity contribution is -0.655. The summed E-state index contributed by atoms with van der Waals surface area (Å²) in [5, 5.41) is 11.5. The van der Waals surface area contributed by atoms with E-state index in [1.807, 2.05) is 12.1 Å². The number of rotatable bonds is 1. The van der Waals surface area contributed by atoms with Crippen LogP contribution in [0.1, 0.15) is 0 Å². The van der Waals surface area contributed by atoms with E-state index in [4.69, 9.17) is 5.11 Å². The van der Waals surface area contributed by atoms with Crippen molar-refractivity contribution in [3.63, 3.8) is 0 Å². The number of aromatic hydroxyl groups is 1. The topological polar surface area (TPSA) is 40.1 Å². The molecule has 0 amide bonds. The van der Waals surface area contributed by atoms with Crippen molar-refractivity contribution < 1.29 is 10.4 Å². The molecule has 0 radical (unpaired) electrons. The summed E-state index contributed by atoms with van der Waals surface area (Å²) in [5.74, 6) is 0.340. The monoisotopic (exact) mass is 179 g/mol. The molecule has 0 saturated carbocycles. The van der Waals surface area contributed by atoms with E-state index < -0.39 is 0 Å². The van der Waals surface area contributed by atoms with Gasteiger partial charge in [-0.1, -0.05) is 0 Å². The molecule has 3 N–H and O–H groups in total. The molecular formula is C10H15N2O+. The number of nitrogens with two attached hydrogens (primary N) is 1. The highest BCUT2D eigenvalue weighted by atomic mass is 16.3. The van der Waals surface area contributed by atoms with Crippen LogP contribution in [0.3, 0.4) is 0 Å². The Kier molecular flexibility index (Phi) is 2.36.